The molecule has 9 heteroatoms. The largest absolute Gasteiger partial charge is 0.313 e. The van der Waals surface area contributed by atoms with Crippen molar-refractivity contribution >= 4 is 10.0 Å². The van der Waals surface area contributed by atoms with Crippen molar-refractivity contribution in [2.75, 3.05) is 7.05 Å². The lowest BCUT2D eigenvalue weighted by molar-refractivity contribution is 0.559. The number of hydrogen-bond acceptors (Lipinski definition) is 6. The summed E-state index contributed by atoms with van der Waals surface area (Å²) in [4.78, 5) is 0.199. The zero-order valence-corrected chi connectivity index (χ0v) is 12.8. The Morgan fingerprint density at radius 1 is 1.14 bits per heavy atom. The maximum atomic E-state index is 12.3. The van der Waals surface area contributed by atoms with E-state index in [-0.39, 0.29) is 10.9 Å². The first-order valence-corrected chi connectivity index (χ1v) is 7.95. The van der Waals surface area contributed by atoms with E-state index in [0.717, 1.165) is 5.56 Å². The van der Waals surface area contributed by atoms with Gasteiger partial charge in [-0.25, -0.2) is 13.1 Å². The molecule has 2 rings (SSSR count). The Labute approximate surface area is 123 Å². The van der Waals surface area contributed by atoms with Crippen LogP contribution in [0.1, 0.15) is 37.3 Å². The van der Waals surface area contributed by atoms with Crippen molar-refractivity contribution in [3.05, 3.63) is 35.7 Å². The Kier molecular flexibility index (Phi) is 4.66. The highest BCUT2D eigenvalue weighted by molar-refractivity contribution is 7.89. The Morgan fingerprint density at radius 3 is 2.33 bits per heavy atom. The Balaban J connectivity index is 2.16. The number of aromatic amines is 1. The predicted molar refractivity (Wildman–Crippen MR) is 76.8 cm³/mol. The summed E-state index contributed by atoms with van der Waals surface area (Å²) in [5.74, 6) is 0.291. The van der Waals surface area contributed by atoms with Gasteiger partial charge in [0, 0.05) is 6.04 Å². The molecule has 1 aromatic carbocycles. The van der Waals surface area contributed by atoms with E-state index >= 15 is 0 Å². The molecule has 0 aliphatic heterocycles. The van der Waals surface area contributed by atoms with Gasteiger partial charge in [0.1, 0.15) is 0 Å². The van der Waals surface area contributed by atoms with E-state index in [2.05, 4.69) is 30.7 Å². The van der Waals surface area contributed by atoms with Crippen molar-refractivity contribution in [1.29, 1.82) is 0 Å². The molecule has 1 aromatic heterocycles. The minimum atomic E-state index is -3.63. The van der Waals surface area contributed by atoms with E-state index < -0.39 is 16.1 Å². The lowest BCUT2D eigenvalue weighted by Crippen LogP contribution is -2.27. The third-order valence-corrected chi connectivity index (χ3v) is 4.76. The highest BCUT2D eigenvalue weighted by Crippen LogP contribution is 2.17. The predicted octanol–water partition coefficient (Wildman–Crippen LogP) is 0.520. The third kappa shape index (κ3) is 3.63. The topological polar surface area (TPSA) is 113 Å². The lowest BCUT2D eigenvalue weighted by atomic mass is 10.1. The molecule has 0 saturated heterocycles. The summed E-state index contributed by atoms with van der Waals surface area (Å²) in [6.45, 7) is 3.65. The minimum absolute atomic E-state index is 0.160. The highest BCUT2D eigenvalue weighted by atomic mass is 32.2. The summed E-state index contributed by atoms with van der Waals surface area (Å²) in [5.41, 5.74) is 1.02. The second kappa shape index (κ2) is 6.29. The molecule has 2 aromatic rings. The van der Waals surface area contributed by atoms with Crippen LogP contribution < -0.4 is 10.0 Å². The smallest absolute Gasteiger partial charge is 0.241 e. The van der Waals surface area contributed by atoms with Crippen LogP contribution in [0, 0.1) is 0 Å². The standard InChI is InChI=1S/C12H18N6O2S/c1-8(13-3)10-4-6-11(7-5-10)21(19,20)16-9(2)12-14-17-18-15-12/h4-9,13,16H,1-3H3,(H,14,15,17,18). The lowest BCUT2D eigenvalue weighted by Gasteiger charge is -2.13. The van der Waals surface area contributed by atoms with Gasteiger partial charge < -0.3 is 5.32 Å². The molecule has 0 fully saturated rings. The van der Waals surface area contributed by atoms with Crippen LogP contribution in [0.3, 0.4) is 0 Å². The molecule has 8 nitrogen and oxygen atoms in total. The molecule has 21 heavy (non-hydrogen) atoms. The van der Waals surface area contributed by atoms with Crippen LogP contribution in [-0.2, 0) is 10.0 Å². The molecule has 114 valence electrons. The average Bonchev–Trinajstić information content (AvgIpc) is 3.00. The second-order valence-corrected chi connectivity index (χ2v) is 6.41. The molecule has 0 saturated carbocycles. The van der Waals surface area contributed by atoms with Gasteiger partial charge in [-0.05, 0) is 38.6 Å². The number of nitrogens with one attached hydrogen (secondary N) is 3. The quantitative estimate of drug-likeness (QED) is 0.717. The van der Waals surface area contributed by atoms with Gasteiger partial charge in [0.15, 0.2) is 5.82 Å². The van der Waals surface area contributed by atoms with E-state index in [0.29, 0.717) is 5.82 Å². The first-order valence-electron chi connectivity index (χ1n) is 6.47. The normalized spacial score (nSPS) is 14.8. The molecule has 1 heterocycles. The van der Waals surface area contributed by atoms with E-state index in [4.69, 9.17) is 0 Å². The minimum Gasteiger partial charge on any atom is -0.313 e. The fourth-order valence-electron chi connectivity index (χ4n) is 1.81. The van der Waals surface area contributed by atoms with Gasteiger partial charge in [0.25, 0.3) is 0 Å². The molecule has 0 spiro atoms. The van der Waals surface area contributed by atoms with E-state index in [1.54, 1.807) is 31.2 Å². The highest BCUT2D eigenvalue weighted by Gasteiger charge is 2.20. The molecule has 0 radical (unpaired) electrons. The zero-order chi connectivity index (χ0) is 15.5. The van der Waals surface area contributed by atoms with Crippen molar-refractivity contribution in [3.8, 4) is 0 Å². The number of sulfonamides is 1. The first-order chi connectivity index (χ1) is 9.94. The molecule has 0 amide bonds. The summed E-state index contributed by atoms with van der Waals surface area (Å²) in [6.07, 6.45) is 0. The Bertz CT molecular complexity index is 668. The van der Waals surface area contributed by atoms with Crippen molar-refractivity contribution in [1.82, 2.24) is 30.7 Å². The van der Waals surface area contributed by atoms with Crippen LogP contribution in [0.4, 0.5) is 0 Å². The Hall–Kier alpha value is -1.84. The van der Waals surface area contributed by atoms with Crippen molar-refractivity contribution in [2.24, 2.45) is 0 Å². The SMILES string of the molecule is CNC(C)c1ccc(S(=O)(=O)NC(C)c2nn[nH]n2)cc1. The average molecular weight is 310 g/mol. The Morgan fingerprint density at radius 2 is 1.81 bits per heavy atom. The number of hydrogen-bond donors (Lipinski definition) is 3. The number of rotatable bonds is 6. The van der Waals surface area contributed by atoms with E-state index in [1.807, 2.05) is 14.0 Å². The monoisotopic (exact) mass is 310 g/mol. The number of tetrazole rings is 1. The molecular weight excluding hydrogens is 292 g/mol. The van der Waals surface area contributed by atoms with Gasteiger partial charge in [-0.3, -0.25) is 0 Å². The van der Waals surface area contributed by atoms with Gasteiger partial charge in [-0.1, -0.05) is 17.3 Å². The van der Waals surface area contributed by atoms with Crippen molar-refractivity contribution in [3.63, 3.8) is 0 Å². The maximum Gasteiger partial charge on any atom is 0.241 e. The zero-order valence-electron chi connectivity index (χ0n) is 12.0. The van der Waals surface area contributed by atoms with Crippen molar-refractivity contribution < 1.29 is 8.42 Å². The molecule has 3 N–H and O–H groups in total. The van der Waals surface area contributed by atoms with Crippen LogP contribution in [0.5, 0.6) is 0 Å². The molecule has 2 atom stereocenters. The van der Waals surface area contributed by atoms with Crippen LogP contribution in [-0.4, -0.2) is 36.1 Å². The summed E-state index contributed by atoms with van der Waals surface area (Å²) < 4.78 is 27.1. The number of H-pyrrole nitrogens is 1. The third-order valence-electron chi connectivity index (χ3n) is 3.20. The summed E-state index contributed by atoms with van der Waals surface area (Å²) in [5, 5.41) is 16.3. The van der Waals surface area contributed by atoms with Crippen molar-refractivity contribution in [2.45, 2.75) is 30.8 Å². The fraction of sp³-hybridized carbons (Fsp3) is 0.417. The molecule has 0 bridgehead atoms. The van der Waals surface area contributed by atoms with E-state index in [1.165, 1.54) is 0 Å². The van der Waals surface area contributed by atoms with E-state index in [9.17, 15) is 8.42 Å². The summed E-state index contributed by atoms with van der Waals surface area (Å²) in [7, 11) is -1.78. The van der Waals surface area contributed by atoms with Gasteiger partial charge >= 0.3 is 0 Å². The summed E-state index contributed by atoms with van der Waals surface area (Å²) >= 11 is 0. The molecule has 0 aliphatic carbocycles. The fourth-order valence-corrected chi connectivity index (χ4v) is 3.01. The van der Waals surface area contributed by atoms with Gasteiger partial charge in [0.2, 0.25) is 10.0 Å². The molecule has 2 unspecified atom stereocenters. The second-order valence-electron chi connectivity index (χ2n) is 4.69. The van der Waals surface area contributed by atoms with Crippen LogP contribution in [0.25, 0.3) is 0 Å². The molecular formula is C12H18N6O2S. The first kappa shape index (κ1) is 15.5. The number of aromatic nitrogens is 4. The van der Waals surface area contributed by atoms with Crippen LogP contribution in [0.15, 0.2) is 29.2 Å². The number of nitrogens with zero attached hydrogens (tertiary/aromatic N) is 3. The maximum absolute atomic E-state index is 12.3. The van der Waals surface area contributed by atoms with Gasteiger partial charge in [-0.2, -0.15) is 5.21 Å². The van der Waals surface area contributed by atoms with Crippen LogP contribution in [0.2, 0.25) is 0 Å². The number of benzene rings is 1. The van der Waals surface area contributed by atoms with Gasteiger partial charge in [-0.15, -0.1) is 10.2 Å². The summed E-state index contributed by atoms with van der Waals surface area (Å²) in [6, 6.07) is 6.32. The van der Waals surface area contributed by atoms with Crippen LogP contribution >= 0.6 is 0 Å². The van der Waals surface area contributed by atoms with Gasteiger partial charge in [0.05, 0.1) is 10.9 Å². The molecule has 0 aliphatic rings.